The Morgan fingerprint density at radius 2 is 1.82 bits per heavy atom. The molecule has 3 N–H and O–H groups in total. The quantitative estimate of drug-likeness (QED) is 0.411. The highest BCUT2D eigenvalue weighted by molar-refractivity contribution is 5.93. The molecule has 1 aliphatic rings. The van der Waals surface area contributed by atoms with Gasteiger partial charge in [-0.05, 0) is 55.5 Å². The zero-order valence-electron chi connectivity index (χ0n) is 19.0. The number of nitrogens with zero attached hydrogens (tertiary/aromatic N) is 2. The number of hydrogen-bond acceptors (Lipinski definition) is 4. The third-order valence-electron chi connectivity index (χ3n) is 6.11. The van der Waals surface area contributed by atoms with Gasteiger partial charge in [0.1, 0.15) is 5.75 Å². The van der Waals surface area contributed by atoms with E-state index in [4.69, 9.17) is 0 Å². The number of phenols is 1. The summed E-state index contributed by atoms with van der Waals surface area (Å²) in [4.78, 5) is 25.4. The largest absolute Gasteiger partial charge is 0.507 e. The van der Waals surface area contributed by atoms with Gasteiger partial charge in [0, 0.05) is 29.6 Å². The van der Waals surface area contributed by atoms with Crippen LogP contribution in [0.15, 0.2) is 54.6 Å². The molecule has 0 aliphatic heterocycles. The minimum absolute atomic E-state index is 0.0406. The predicted molar refractivity (Wildman–Crippen MR) is 128 cm³/mol. The third-order valence-corrected chi connectivity index (χ3v) is 6.11. The molecule has 172 valence electrons. The van der Waals surface area contributed by atoms with Crippen LogP contribution in [-0.2, 0) is 11.3 Å². The van der Waals surface area contributed by atoms with E-state index >= 15 is 0 Å². The van der Waals surface area contributed by atoms with Crippen molar-refractivity contribution in [2.24, 2.45) is 5.92 Å². The van der Waals surface area contributed by atoms with E-state index in [9.17, 15) is 14.7 Å². The van der Waals surface area contributed by atoms with Crippen LogP contribution < -0.4 is 10.6 Å². The molecule has 1 fully saturated rings. The second kappa shape index (κ2) is 9.90. The van der Waals surface area contributed by atoms with Gasteiger partial charge in [-0.3, -0.25) is 4.79 Å². The summed E-state index contributed by atoms with van der Waals surface area (Å²) in [5, 5.41) is 20.9. The first-order valence-electron chi connectivity index (χ1n) is 11.6. The maximum Gasteiger partial charge on any atom is 0.342 e. The van der Waals surface area contributed by atoms with E-state index in [0.29, 0.717) is 23.5 Å². The molecule has 1 aliphatic carbocycles. The van der Waals surface area contributed by atoms with E-state index in [0.717, 1.165) is 36.9 Å². The standard InChI is InChI=1S/C26H30N4O3/c1-3-18(4-2)25(32)28-20-12-13-24(31)21(14-20)22-15-23(19-10-11-19)30(29-22)26(33)27-16-17-8-6-5-7-9-17/h5-9,12-15,18-19,31H,3-4,10-11,16H2,1-2H3,(H,27,33)(H,28,32). The van der Waals surface area contributed by atoms with Crippen molar-refractivity contribution in [3.63, 3.8) is 0 Å². The Morgan fingerprint density at radius 3 is 2.48 bits per heavy atom. The number of aromatic nitrogens is 2. The Bertz CT molecular complexity index is 1130. The van der Waals surface area contributed by atoms with E-state index in [-0.39, 0.29) is 29.5 Å². The molecule has 2 amide bonds. The highest BCUT2D eigenvalue weighted by Crippen LogP contribution is 2.42. The van der Waals surface area contributed by atoms with Crippen molar-refractivity contribution in [2.75, 3.05) is 5.32 Å². The van der Waals surface area contributed by atoms with Crippen molar-refractivity contribution in [3.8, 4) is 17.0 Å². The second-order valence-corrected chi connectivity index (χ2v) is 8.52. The summed E-state index contributed by atoms with van der Waals surface area (Å²) in [5.41, 5.74) is 3.42. The topological polar surface area (TPSA) is 96.2 Å². The summed E-state index contributed by atoms with van der Waals surface area (Å²) < 4.78 is 1.41. The van der Waals surface area contributed by atoms with E-state index in [1.54, 1.807) is 18.2 Å². The van der Waals surface area contributed by atoms with Gasteiger partial charge in [0.25, 0.3) is 0 Å². The van der Waals surface area contributed by atoms with Crippen molar-refractivity contribution in [1.29, 1.82) is 0 Å². The van der Waals surface area contributed by atoms with Crippen molar-refractivity contribution >= 4 is 17.6 Å². The number of carbonyl (C=O) groups is 2. The fourth-order valence-electron chi connectivity index (χ4n) is 3.93. The lowest BCUT2D eigenvalue weighted by atomic mass is 10.0. The normalized spacial score (nSPS) is 13.2. The molecule has 2 aromatic carbocycles. The van der Waals surface area contributed by atoms with Crippen LogP contribution >= 0.6 is 0 Å². The number of anilines is 1. The third kappa shape index (κ3) is 5.25. The number of phenolic OH excluding ortho intramolecular Hbond substituents is 1. The molecule has 1 aromatic heterocycles. The maximum absolute atomic E-state index is 12.9. The number of aromatic hydroxyl groups is 1. The van der Waals surface area contributed by atoms with Crippen LogP contribution in [0.25, 0.3) is 11.3 Å². The summed E-state index contributed by atoms with van der Waals surface area (Å²) in [6.45, 7) is 4.39. The molecule has 0 atom stereocenters. The zero-order chi connectivity index (χ0) is 23.4. The van der Waals surface area contributed by atoms with Crippen LogP contribution in [0.2, 0.25) is 0 Å². The van der Waals surface area contributed by atoms with Crippen LogP contribution in [0.4, 0.5) is 10.5 Å². The lowest BCUT2D eigenvalue weighted by Crippen LogP contribution is -2.30. The molecular formula is C26H30N4O3. The Morgan fingerprint density at radius 1 is 1.09 bits per heavy atom. The van der Waals surface area contributed by atoms with Crippen LogP contribution in [0, 0.1) is 5.92 Å². The van der Waals surface area contributed by atoms with E-state index in [1.807, 2.05) is 50.2 Å². The number of nitrogens with one attached hydrogen (secondary N) is 2. The fraction of sp³-hybridized carbons (Fsp3) is 0.346. The average Bonchev–Trinajstić information content (AvgIpc) is 3.58. The van der Waals surface area contributed by atoms with Crippen LogP contribution in [0.5, 0.6) is 5.75 Å². The summed E-state index contributed by atoms with van der Waals surface area (Å²) in [7, 11) is 0. The van der Waals surface area contributed by atoms with Crippen molar-refractivity contribution in [1.82, 2.24) is 15.1 Å². The van der Waals surface area contributed by atoms with Crippen LogP contribution in [-0.4, -0.2) is 26.8 Å². The van der Waals surface area contributed by atoms with Gasteiger partial charge in [0.15, 0.2) is 0 Å². The zero-order valence-corrected chi connectivity index (χ0v) is 19.0. The lowest BCUT2D eigenvalue weighted by molar-refractivity contribution is -0.120. The number of amides is 2. The number of benzene rings is 2. The second-order valence-electron chi connectivity index (χ2n) is 8.52. The van der Waals surface area contributed by atoms with Crippen molar-refractivity contribution in [3.05, 3.63) is 65.9 Å². The molecule has 1 saturated carbocycles. The molecule has 7 nitrogen and oxygen atoms in total. The summed E-state index contributed by atoms with van der Waals surface area (Å²) in [6, 6.07) is 16.2. The minimum atomic E-state index is -0.301. The molecule has 0 radical (unpaired) electrons. The monoisotopic (exact) mass is 446 g/mol. The van der Waals surface area contributed by atoms with Crippen LogP contribution in [0.3, 0.4) is 0 Å². The number of rotatable bonds is 8. The van der Waals surface area contributed by atoms with Gasteiger partial charge in [-0.1, -0.05) is 44.2 Å². The summed E-state index contributed by atoms with van der Waals surface area (Å²) >= 11 is 0. The molecule has 4 rings (SSSR count). The van der Waals surface area contributed by atoms with Crippen molar-refractivity contribution < 1.29 is 14.7 Å². The Labute approximate surface area is 193 Å². The smallest absolute Gasteiger partial charge is 0.342 e. The Hall–Kier alpha value is -3.61. The van der Waals surface area contributed by atoms with Crippen LogP contribution in [0.1, 0.15) is 56.7 Å². The Balaban J connectivity index is 1.58. The molecule has 0 saturated heterocycles. The first-order valence-corrected chi connectivity index (χ1v) is 11.6. The Kier molecular flexibility index (Phi) is 6.77. The average molecular weight is 447 g/mol. The molecule has 0 spiro atoms. The minimum Gasteiger partial charge on any atom is -0.507 e. The number of carbonyl (C=O) groups excluding carboxylic acids is 2. The molecule has 1 heterocycles. The van der Waals surface area contributed by atoms with Gasteiger partial charge in [0.05, 0.1) is 11.4 Å². The van der Waals surface area contributed by atoms with Gasteiger partial charge in [-0.2, -0.15) is 9.78 Å². The van der Waals surface area contributed by atoms with E-state index in [1.165, 1.54) is 4.68 Å². The maximum atomic E-state index is 12.9. The SMILES string of the molecule is CCC(CC)C(=O)Nc1ccc(O)c(-c2cc(C3CC3)n(C(=O)NCc3ccccc3)n2)c1. The highest BCUT2D eigenvalue weighted by Gasteiger charge is 2.31. The van der Waals surface area contributed by atoms with Gasteiger partial charge in [0.2, 0.25) is 5.91 Å². The molecule has 0 bridgehead atoms. The molecule has 33 heavy (non-hydrogen) atoms. The molecule has 7 heteroatoms. The number of hydrogen-bond donors (Lipinski definition) is 3. The van der Waals surface area contributed by atoms with E-state index in [2.05, 4.69) is 15.7 Å². The molecule has 3 aromatic rings. The van der Waals surface area contributed by atoms with Gasteiger partial charge in [-0.25, -0.2) is 4.79 Å². The molecular weight excluding hydrogens is 416 g/mol. The van der Waals surface area contributed by atoms with Gasteiger partial charge in [-0.15, -0.1) is 0 Å². The van der Waals surface area contributed by atoms with Crippen molar-refractivity contribution in [2.45, 2.75) is 52.0 Å². The molecule has 0 unspecified atom stereocenters. The predicted octanol–water partition coefficient (Wildman–Crippen LogP) is 5.27. The van der Waals surface area contributed by atoms with Gasteiger partial charge < -0.3 is 15.7 Å². The highest BCUT2D eigenvalue weighted by atomic mass is 16.3. The van der Waals surface area contributed by atoms with Gasteiger partial charge >= 0.3 is 6.03 Å². The van der Waals surface area contributed by atoms with E-state index < -0.39 is 0 Å². The summed E-state index contributed by atoms with van der Waals surface area (Å²) in [6.07, 6.45) is 3.55. The first-order chi connectivity index (χ1) is 16.0. The fourth-order valence-corrected chi connectivity index (χ4v) is 3.93. The summed E-state index contributed by atoms with van der Waals surface area (Å²) in [5.74, 6) is 0.234. The first kappa shape index (κ1) is 22.6. The lowest BCUT2D eigenvalue weighted by Gasteiger charge is -2.13.